The molecule has 1 saturated heterocycles. The van der Waals surface area contributed by atoms with E-state index < -0.39 is 0 Å². The highest BCUT2D eigenvalue weighted by Crippen LogP contribution is 2.43. The summed E-state index contributed by atoms with van der Waals surface area (Å²) in [5.41, 5.74) is 2.81. The van der Waals surface area contributed by atoms with Crippen LogP contribution >= 0.6 is 12.2 Å². The van der Waals surface area contributed by atoms with Crippen LogP contribution in [0.3, 0.4) is 0 Å². The Hall–Kier alpha value is -3.26. The molecular formula is C23H23N5O2S. The topological polar surface area (TPSA) is 76.2 Å². The van der Waals surface area contributed by atoms with Crippen molar-refractivity contribution >= 4 is 23.0 Å². The molecule has 1 saturated carbocycles. The van der Waals surface area contributed by atoms with Gasteiger partial charge in [-0.1, -0.05) is 25.0 Å². The number of hydrogen-bond acceptors (Lipinski definition) is 4. The van der Waals surface area contributed by atoms with Crippen LogP contribution in [0.1, 0.15) is 49.2 Å². The Morgan fingerprint density at radius 2 is 1.94 bits per heavy atom. The molecule has 1 aliphatic carbocycles. The Kier molecular flexibility index (Phi) is 5.15. The van der Waals surface area contributed by atoms with Gasteiger partial charge in [0.25, 0.3) is 5.69 Å². The number of thiocarbonyl (C=S) groups is 1. The van der Waals surface area contributed by atoms with Crippen molar-refractivity contribution < 1.29 is 4.92 Å². The van der Waals surface area contributed by atoms with E-state index in [1.807, 2.05) is 41.1 Å². The van der Waals surface area contributed by atoms with Gasteiger partial charge < -0.3 is 14.8 Å². The van der Waals surface area contributed by atoms with Crippen LogP contribution in [0.5, 0.6) is 0 Å². The van der Waals surface area contributed by atoms with Crippen LogP contribution in [-0.4, -0.2) is 30.5 Å². The fraction of sp³-hybridized carbons (Fsp3) is 0.304. The third kappa shape index (κ3) is 3.57. The van der Waals surface area contributed by atoms with Gasteiger partial charge in [-0.2, -0.15) is 0 Å². The Balaban J connectivity index is 1.62. The van der Waals surface area contributed by atoms with Gasteiger partial charge >= 0.3 is 0 Å². The summed E-state index contributed by atoms with van der Waals surface area (Å²) in [7, 11) is 0. The number of non-ortho nitro benzene ring substituents is 1. The highest BCUT2D eigenvalue weighted by molar-refractivity contribution is 7.80. The first-order valence-corrected chi connectivity index (χ1v) is 11.0. The lowest BCUT2D eigenvalue weighted by atomic mass is 9.99. The molecule has 2 aromatic heterocycles. The summed E-state index contributed by atoms with van der Waals surface area (Å²) in [5, 5.41) is 15.6. The zero-order valence-electron chi connectivity index (χ0n) is 16.9. The fourth-order valence-corrected chi connectivity index (χ4v) is 5.27. The molecule has 0 amide bonds. The molecule has 0 bridgehead atoms. The maximum Gasteiger partial charge on any atom is 0.271 e. The second kappa shape index (κ2) is 8.11. The molecule has 5 rings (SSSR count). The van der Waals surface area contributed by atoms with Gasteiger partial charge in [-0.05, 0) is 55.4 Å². The third-order valence-corrected chi connectivity index (χ3v) is 6.58. The monoisotopic (exact) mass is 433 g/mol. The summed E-state index contributed by atoms with van der Waals surface area (Å²) >= 11 is 5.81. The standard InChI is InChI=1S/C23H23N5O2S/c29-28(30)18-10-5-9-17(15-18)26-14-6-12-20(26)22-21(19-11-3-4-13-24-19)25-23(31)27(22)16-7-1-2-8-16/h3-6,9-16,21-22H,1-2,7-8H2,(H,25,31). The third-order valence-electron chi connectivity index (χ3n) is 6.26. The molecule has 31 heavy (non-hydrogen) atoms. The lowest BCUT2D eigenvalue weighted by Crippen LogP contribution is -2.38. The highest BCUT2D eigenvalue weighted by atomic mass is 32.1. The minimum atomic E-state index is -0.361. The average Bonchev–Trinajstić information content (AvgIpc) is 3.53. The van der Waals surface area contributed by atoms with Gasteiger partial charge in [0.05, 0.1) is 28.4 Å². The maximum atomic E-state index is 11.3. The largest absolute Gasteiger partial charge is 0.352 e. The van der Waals surface area contributed by atoms with Gasteiger partial charge in [0.15, 0.2) is 5.11 Å². The van der Waals surface area contributed by atoms with Crippen molar-refractivity contribution in [2.45, 2.75) is 43.8 Å². The molecule has 8 heteroatoms. The number of nitro groups is 1. The van der Waals surface area contributed by atoms with Crippen molar-refractivity contribution in [2.24, 2.45) is 0 Å². The molecule has 0 spiro atoms. The number of aromatic nitrogens is 2. The molecule has 3 aromatic rings. The van der Waals surface area contributed by atoms with Crippen molar-refractivity contribution in [2.75, 3.05) is 0 Å². The van der Waals surface area contributed by atoms with Gasteiger partial charge in [-0.15, -0.1) is 0 Å². The Morgan fingerprint density at radius 3 is 2.68 bits per heavy atom. The van der Waals surface area contributed by atoms with Crippen LogP contribution in [0.15, 0.2) is 67.0 Å². The molecule has 158 valence electrons. The van der Waals surface area contributed by atoms with E-state index in [1.54, 1.807) is 18.3 Å². The number of rotatable bonds is 5. The van der Waals surface area contributed by atoms with Crippen molar-refractivity contribution in [1.29, 1.82) is 0 Å². The average molecular weight is 434 g/mol. The van der Waals surface area contributed by atoms with E-state index in [0.29, 0.717) is 6.04 Å². The van der Waals surface area contributed by atoms with Gasteiger partial charge in [0.2, 0.25) is 0 Å². The fourth-order valence-electron chi connectivity index (χ4n) is 4.88. The summed E-state index contributed by atoms with van der Waals surface area (Å²) in [6.07, 6.45) is 8.40. The molecule has 1 aromatic carbocycles. The maximum absolute atomic E-state index is 11.3. The van der Waals surface area contributed by atoms with E-state index >= 15 is 0 Å². The van der Waals surface area contributed by atoms with Gasteiger partial charge in [-0.25, -0.2) is 0 Å². The molecule has 7 nitrogen and oxygen atoms in total. The predicted molar refractivity (Wildman–Crippen MR) is 122 cm³/mol. The van der Waals surface area contributed by atoms with Crippen LogP contribution in [0, 0.1) is 10.1 Å². The summed E-state index contributed by atoms with van der Waals surface area (Å²) in [6.45, 7) is 0. The molecule has 0 radical (unpaired) electrons. The first-order valence-electron chi connectivity index (χ1n) is 10.6. The van der Waals surface area contributed by atoms with Gasteiger partial charge in [-0.3, -0.25) is 15.1 Å². The van der Waals surface area contributed by atoms with Crippen molar-refractivity contribution in [3.8, 4) is 5.69 Å². The lowest BCUT2D eigenvalue weighted by Gasteiger charge is -2.33. The van der Waals surface area contributed by atoms with Crippen LogP contribution in [0.2, 0.25) is 0 Å². The number of nitrogens with one attached hydrogen (secondary N) is 1. The Morgan fingerprint density at radius 1 is 1.10 bits per heavy atom. The van der Waals surface area contributed by atoms with E-state index in [0.717, 1.165) is 35.0 Å². The molecule has 1 aliphatic heterocycles. The molecule has 1 N–H and O–H groups in total. The lowest BCUT2D eigenvalue weighted by molar-refractivity contribution is -0.384. The van der Waals surface area contributed by atoms with Gasteiger partial charge in [0.1, 0.15) is 0 Å². The normalized spacial score (nSPS) is 21.4. The summed E-state index contributed by atoms with van der Waals surface area (Å²) < 4.78 is 2.03. The first kappa shape index (κ1) is 19.7. The zero-order chi connectivity index (χ0) is 21.4. The molecule has 2 unspecified atom stereocenters. The van der Waals surface area contributed by atoms with E-state index in [9.17, 15) is 10.1 Å². The summed E-state index contributed by atoms with van der Waals surface area (Å²) in [6, 6.07) is 17.0. The molecule has 2 atom stereocenters. The second-order valence-electron chi connectivity index (χ2n) is 8.05. The molecular weight excluding hydrogens is 410 g/mol. The van der Waals surface area contributed by atoms with E-state index in [4.69, 9.17) is 12.2 Å². The van der Waals surface area contributed by atoms with Gasteiger partial charge in [0, 0.05) is 36.3 Å². The molecule has 3 heterocycles. The van der Waals surface area contributed by atoms with Crippen LogP contribution in [-0.2, 0) is 0 Å². The van der Waals surface area contributed by atoms with E-state index in [2.05, 4.69) is 21.3 Å². The van der Waals surface area contributed by atoms with Crippen molar-refractivity contribution in [3.63, 3.8) is 0 Å². The van der Waals surface area contributed by atoms with Crippen molar-refractivity contribution in [3.05, 3.63) is 88.5 Å². The van der Waals surface area contributed by atoms with Crippen molar-refractivity contribution in [1.82, 2.24) is 19.8 Å². The number of nitro benzene ring substituents is 1. The van der Waals surface area contributed by atoms with Crippen LogP contribution in [0.25, 0.3) is 5.69 Å². The number of nitrogens with zero attached hydrogens (tertiary/aromatic N) is 4. The Bertz CT molecular complexity index is 1110. The summed E-state index contributed by atoms with van der Waals surface area (Å²) in [5.74, 6) is 0. The minimum absolute atomic E-state index is 0.0558. The predicted octanol–water partition coefficient (Wildman–Crippen LogP) is 4.70. The number of benzene rings is 1. The van der Waals surface area contributed by atoms with Crippen LogP contribution in [0.4, 0.5) is 5.69 Å². The molecule has 2 fully saturated rings. The SMILES string of the molecule is O=[N+]([O-])c1cccc(-n2cccc2C2C(c3ccccn3)NC(=S)N2C2CCCC2)c1. The minimum Gasteiger partial charge on any atom is -0.352 e. The van der Waals surface area contributed by atoms with E-state index in [-0.39, 0.29) is 22.7 Å². The van der Waals surface area contributed by atoms with E-state index in [1.165, 1.54) is 18.9 Å². The Labute approximate surface area is 185 Å². The highest BCUT2D eigenvalue weighted by Gasteiger charge is 2.44. The first-order chi connectivity index (χ1) is 15.1. The summed E-state index contributed by atoms with van der Waals surface area (Å²) in [4.78, 5) is 17.9. The van der Waals surface area contributed by atoms with Crippen LogP contribution < -0.4 is 5.32 Å². The number of pyridine rings is 1. The smallest absolute Gasteiger partial charge is 0.271 e. The quantitative estimate of drug-likeness (QED) is 0.357. The number of hydrogen-bond donors (Lipinski definition) is 1. The zero-order valence-corrected chi connectivity index (χ0v) is 17.7. The second-order valence-corrected chi connectivity index (χ2v) is 8.44. The molecule has 2 aliphatic rings.